The third-order valence-electron chi connectivity index (χ3n) is 8.86. The molecule has 0 rings (SSSR count). The quantitative estimate of drug-likeness (QED) is 0.0763. The molecule has 2 heteroatoms. The molecule has 0 aromatic rings. The molecule has 0 spiro atoms. The van der Waals surface area contributed by atoms with Crippen molar-refractivity contribution in [2.45, 2.75) is 232 Å². The van der Waals surface area contributed by atoms with Crippen LogP contribution in [0.3, 0.4) is 0 Å². The number of hydrogen-bond acceptors (Lipinski definition) is 1. The van der Waals surface area contributed by atoms with Gasteiger partial charge in [-0.1, -0.05) is 213 Å². The zero-order chi connectivity index (χ0) is 29.0. The van der Waals surface area contributed by atoms with Crippen LogP contribution in [0.25, 0.3) is 0 Å². The van der Waals surface area contributed by atoms with Gasteiger partial charge in [0, 0.05) is 13.0 Å². The summed E-state index contributed by atoms with van der Waals surface area (Å²) in [7, 11) is 0. The molecule has 0 atom stereocenters. The van der Waals surface area contributed by atoms with Gasteiger partial charge < -0.3 is 5.32 Å². The maximum atomic E-state index is 12.0. The lowest BCUT2D eigenvalue weighted by atomic mass is 10.0. The predicted molar refractivity (Wildman–Crippen MR) is 181 cm³/mol. The Bertz CT molecular complexity index is 462. The van der Waals surface area contributed by atoms with Gasteiger partial charge in [0.05, 0.1) is 0 Å². The standard InChI is InChI=1S/C38H77NO/c1-3-5-7-9-11-13-15-17-18-19-20-21-22-23-25-27-29-31-33-35-37-39-38(40)36-34-32-30-28-26-24-16-14-12-10-8-6-4-2/h3-37H2,1-2H3,(H,39,40). The van der Waals surface area contributed by atoms with Crippen LogP contribution in [-0.4, -0.2) is 12.5 Å². The number of carbonyl (C=O) groups is 1. The molecule has 40 heavy (non-hydrogen) atoms. The number of carbonyl (C=O) groups excluding carboxylic acids is 1. The summed E-state index contributed by atoms with van der Waals surface area (Å²) < 4.78 is 0. The van der Waals surface area contributed by atoms with Crippen LogP contribution >= 0.6 is 0 Å². The maximum Gasteiger partial charge on any atom is 0.219 e. The fourth-order valence-electron chi connectivity index (χ4n) is 6.00. The second-order valence-electron chi connectivity index (χ2n) is 13.1. The Balaban J connectivity index is 3.13. The Kier molecular flexibility index (Phi) is 36.0. The van der Waals surface area contributed by atoms with Crippen LogP contribution in [0.5, 0.6) is 0 Å². The Morgan fingerprint density at radius 2 is 0.550 bits per heavy atom. The van der Waals surface area contributed by atoms with Gasteiger partial charge in [-0.15, -0.1) is 0 Å². The Hall–Kier alpha value is -0.530. The van der Waals surface area contributed by atoms with Gasteiger partial charge in [0.25, 0.3) is 0 Å². The summed E-state index contributed by atoms with van der Waals surface area (Å²) in [6.45, 7) is 5.47. The van der Waals surface area contributed by atoms with Gasteiger partial charge in [-0.3, -0.25) is 4.79 Å². The second-order valence-corrected chi connectivity index (χ2v) is 13.1. The van der Waals surface area contributed by atoms with Crippen LogP contribution in [0.2, 0.25) is 0 Å². The monoisotopic (exact) mass is 564 g/mol. The van der Waals surface area contributed by atoms with Crippen molar-refractivity contribution in [2.75, 3.05) is 6.54 Å². The lowest BCUT2D eigenvalue weighted by Gasteiger charge is -2.06. The molecule has 0 unspecified atom stereocenters. The molecule has 0 aliphatic carbocycles. The molecular weight excluding hydrogens is 486 g/mol. The zero-order valence-electron chi connectivity index (χ0n) is 28.2. The topological polar surface area (TPSA) is 29.1 Å². The molecule has 240 valence electrons. The highest BCUT2D eigenvalue weighted by Gasteiger charge is 2.01. The molecule has 0 saturated carbocycles. The number of nitrogens with one attached hydrogen (secondary N) is 1. The van der Waals surface area contributed by atoms with E-state index in [2.05, 4.69) is 19.2 Å². The molecule has 1 N–H and O–H groups in total. The van der Waals surface area contributed by atoms with Crippen LogP contribution in [0.1, 0.15) is 232 Å². The van der Waals surface area contributed by atoms with Gasteiger partial charge in [0.1, 0.15) is 0 Å². The summed E-state index contributed by atoms with van der Waals surface area (Å²) in [5, 5.41) is 3.15. The Morgan fingerprint density at radius 3 is 0.825 bits per heavy atom. The molecule has 0 heterocycles. The van der Waals surface area contributed by atoms with E-state index in [1.54, 1.807) is 0 Å². The molecule has 0 fully saturated rings. The Labute approximate surface area is 254 Å². The van der Waals surface area contributed by atoms with Crippen LogP contribution in [0.4, 0.5) is 0 Å². The zero-order valence-corrected chi connectivity index (χ0v) is 28.2. The first-order chi connectivity index (χ1) is 19.8. The minimum absolute atomic E-state index is 0.279. The fraction of sp³-hybridized carbons (Fsp3) is 0.974. The van der Waals surface area contributed by atoms with E-state index in [1.807, 2.05) is 0 Å². The summed E-state index contributed by atoms with van der Waals surface area (Å²) in [6.07, 6.45) is 46.7. The van der Waals surface area contributed by atoms with Crippen LogP contribution in [0.15, 0.2) is 0 Å². The van der Waals surface area contributed by atoms with Gasteiger partial charge in [-0.2, -0.15) is 0 Å². The van der Waals surface area contributed by atoms with Crippen molar-refractivity contribution in [2.24, 2.45) is 0 Å². The molecule has 0 aromatic heterocycles. The molecule has 2 nitrogen and oxygen atoms in total. The molecule has 0 aromatic carbocycles. The first kappa shape index (κ1) is 39.5. The minimum atomic E-state index is 0.279. The van der Waals surface area contributed by atoms with Crippen LogP contribution in [0, 0.1) is 0 Å². The van der Waals surface area contributed by atoms with E-state index in [1.165, 1.54) is 199 Å². The molecule has 0 bridgehead atoms. The molecule has 0 saturated heterocycles. The molecule has 0 aliphatic rings. The summed E-state index contributed by atoms with van der Waals surface area (Å²) in [4.78, 5) is 12.0. The van der Waals surface area contributed by atoms with Gasteiger partial charge in [0.2, 0.25) is 5.91 Å². The normalized spacial score (nSPS) is 11.3. The van der Waals surface area contributed by atoms with E-state index in [0.717, 1.165) is 25.8 Å². The van der Waals surface area contributed by atoms with Crippen molar-refractivity contribution in [3.63, 3.8) is 0 Å². The molecular formula is C38H77NO. The second kappa shape index (κ2) is 36.5. The van der Waals surface area contributed by atoms with Crippen LogP contribution in [-0.2, 0) is 4.79 Å². The molecule has 0 radical (unpaired) electrons. The third-order valence-corrected chi connectivity index (χ3v) is 8.86. The van der Waals surface area contributed by atoms with Crippen molar-refractivity contribution in [1.82, 2.24) is 5.32 Å². The van der Waals surface area contributed by atoms with Crippen molar-refractivity contribution in [3.8, 4) is 0 Å². The highest BCUT2D eigenvalue weighted by Crippen LogP contribution is 2.15. The van der Waals surface area contributed by atoms with Crippen molar-refractivity contribution in [1.29, 1.82) is 0 Å². The molecule has 1 amide bonds. The van der Waals surface area contributed by atoms with E-state index in [9.17, 15) is 4.79 Å². The largest absolute Gasteiger partial charge is 0.356 e. The highest BCUT2D eigenvalue weighted by atomic mass is 16.1. The summed E-state index contributed by atoms with van der Waals surface area (Å²) in [5.74, 6) is 0.279. The average Bonchev–Trinajstić information content (AvgIpc) is 2.96. The van der Waals surface area contributed by atoms with Crippen LogP contribution < -0.4 is 5.32 Å². The lowest BCUT2D eigenvalue weighted by molar-refractivity contribution is -0.121. The van der Waals surface area contributed by atoms with Gasteiger partial charge in [0.15, 0.2) is 0 Å². The third kappa shape index (κ3) is 35.5. The van der Waals surface area contributed by atoms with E-state index in [-0.39, 0.29) is 5.91 Å². The SMILES string of the molecule is CCCCCCCCCCCCCCCCCCCCCCNC(=O)CCCCCCCCCCCCCCC. The van der Waals surface area contributed by atoms with Gasteiger partial charge in [-0.05, 0) is 12.8 Å². The first-order valence-corrected chi connectivity index (χ1v) is 19.1. The van der Waals surface area contributed by atoms with E-state index >= 15 is 0 Å². The number of rotatable bonds is 35. The van der Waals surface area contributed by atoms with E-state index in [0.29, 0.717) is 0 Å². The van der Waals surface area contributed by atoms with Crippen molar-refractivity contribution < 1.29 is 4.79 Å². The van der Waals surface area contributed by atoms with E-state index < -0.39 is 0 Å². The highest BCUT2D eigenvalue weighted by molar-refractivity contribution is 5.75. The smallest absolute Gasteiger partial charge is 0.219 e. The minimum Gasteiger partial charge on any atom is -0.356 e. The average molecular weight is 564 g/mol. The predicted octanol–water partition coefficient (Wildman–Crippen LogP) is 13.4. The summed E-state index contributed by atoms with van der Waals surface area (Å²) >= 11 is 0. The van der Waals surface area contributed by atoms with Crippen molar-refractivity contribution >= 4 is 5.91 Å². The van der Waals surface area contributed by atoms with E-state index in [4.69, 9.17) is 0 Å². The van der Waals surface area contributed by atoms with Gasteiger partial charge >= 0.3 is 0 Å². The summed E-state index contributed by atoms with van der Waals surface area (Å²) in [5.41, 5.74) is 0. The number of hydrogen-bond donors (Lipinski definition) is 1. The van der Waals surface area contributed by atoms with Gasteiger partial charge in [-0.25, -0.2) is 0 Å². The fourth-order valence-corrected chi connectivity index (χ4v) is 6.00. The lowest BCUT2D eigenvalue weighted by Crippen LogP contribution is -2.23. The maximum absolute atomic E-state index is 12.0. The van der Waals surface area contributed by atoms with Crippen molar-refractivity contribution in [3.05, 3.63) is 0 Å². The Morgan fingerprint density at radius 1 is 0.325 bits per heavy atom. The number of unbranched alkanes of at least 4 members (excludes halogenated alkanes) is 31. The molecule has 0 aliphatic heterocycles. The number of amides is 1. The first-order valence-electron chi connectivity index (χ1n) is 19.1. The summed E-state index contributed by atoms with van der Waals surface area (Å²) in [6, 6.07) is 0.